The fourth-order valence-electron chi connectivity index (χ4n) is 8.09. The Morgan fingerprint density at radius 2 is 1.37 bits per heavy atom. The monoisotopic (exact) mass is 562 g/mol. The Morgan fingerprint density at radius 3 is 1.89 bits per heavy atom. The Labute approximate surface area is 240 Å². The summed E-state index contributed by atoms with van der Waals surface area (Å²) >= 11 is 0. The summed E-state index contributed by atoms with van der Waals surface area (Å²) in [5.74, 6) is 3.63. The lowest BCUT2D eigenvalue weighted by Gasteiger charge is -2.57. The molecule has 3 fully saturated rings. The van der Waals surface area contributed by atoms with Gasteiger partial charge in [0.15, 0.2) is 16.6 Å². The summed E-state index contributed by atoms with van der Waals surface area (Å²) in [6.07, 6.45) is 11.9. The van der Waals surface area contributed by atoms with Gasteiger partial charge >= 0.3 is 0 Å². The molecule has 38 heavy (non-hydrogen) atoms. The van der Waals surface area contributed by atoms with Gasteiger partial charge in [-0.15, -0.1) is 0 Å². The third-order valence-electron chi connectivity index (χ3n) is 13.2. The molecular formula is C34H66O2Si2. The Bertz CT molecular complexity index is 848. The molecule has 3 aliphatic rings. The molecule has 2 unspecified atom stereocenters. The first-order valence-electron chi connectivity index (χ1n) is 16.1. The van der Waals surface area contributed by atoms with Crippen molar-refractivity contribution in [3.63, 3.8) is 0 Å². The van der Waals surface area contributed by atoms with Crippen LogP contribution < -0.4 is 0 Å². The molecule has 0 aromatic heterocycles. The van der Waals surface area contributed by atoms with Crippen molar-refractivity contribution in [3.05, 3.63) is 11.6 Å². The summed E-state index contributed by atoms with van der Waals surface area (Å²) in [4.78, 5) is 0. The van der Waals surface area contributed by atoms with Crippen LogP contribution in [-0.2, 0) is 8.85 Å². The molecule has 0 radical (unpaired) electrons. The Kier molecular flexibility index (Phi) is 9.49. The van der Waals surface area contributed by atoms with Gasteiger partial charge in [0.05, 0.1) is 0 Å². The summed E-state index contributed by atoms with van der Waals surface area (Å²) in [6, 6.07) is 0. The number of hydrogen-bond acceptors (Lipinski definition) is 2. The fraction of sp³-hybridized carbons (Fsp3) is 0.941. The zero-order valence-corrected chi connectivity index (χ0v) is 30.1. The maximum atomic E-state index is 7.13. The van der Waals surface area contributed by atoms with E-state index >= 15 is 0 Å². The van der Waals surface area contributed by atoms with E-state index in [1.54, 1.807) is 5.57 Å². The molecule has 7 atom stereocenters. The first-order valence-corrected chi connectivity index (χ1v) is 21.9. The second-order valence-electron chi connectivity index (χ2n) is 17.4. The van der Waals surface area contributed by atoms with Gasteiger partial charge in [-0.2, -0.15) is 0 Å². The Hall–Kier alpha value is 0.0938. The summed E-state index contributed by atoms with van der Waals surface area (Å²) in [5.41, 5.74) is 2.45. The van der Waals surface area contributed by atoms with E-state index in [2.05, 4.69) is 102 Å². The van der Waals surface area contributed by atoms with Crippen molar-refractivity contribution in [2.45, 2.75) is 150 Å². The Balaban J connectivity index is 1.96. The van der Waals surface area contributed by atoms with E-state index in [-0.39, 0.29) is 10.1 Å². The average Bonchev–Trinajstić information content (AvgIpc) is 3.13. The lowest BCUT2D eigenvalue weighted by Crippen LogP contribution is -2.54. The number of hydrogen-bond donors (Lipinski definition) is 0. The van der Waals surface area contributed by atoms with Gasteiger partial charge < -0.3 is 8.85 Å². The van der Waals surface area contributed by atoms with Gasteiger partial charge in [0, 0.05) is 13.2 Å². The maximum Gasteiger partial charge on any atom is 0.191 e. The van der Waals surface area contributed by atoms with Crippen LogP contribution in [0.2, 0.25) is 36.3 Å². The van der Waals surface area contributed by atoms with Gasteiger partial charge in [-0.05, 0) is 122 Å². The predicted molar refractivity (Wildman–Crippen MR) is 172 cm³/mol. The van der Waals surface area contributed by atoms with E-state index in [4.69, 9.17) is 8.85 Å². The first kappa shape index (κ1) is 32.6. The van der Waals surface area contributed by atoms with Crippen LogP contribution in [0.25, 0.3) is 0 Å². The van der Waals surface area contributed by atoms with Crippen molar-refractivity contribution >= 4 is 16.6 Å². The van der Waals surface area contributed by atoms with E-state index in [0.717, 1.165) is 31.0 Å². The molecule has 2 nitrogen and oxygen atoms in total. The lowest BCUT2D eigenvalue weighted by molar-refractivity contribution is -0.0899. The first-order chi connectivity index (χ1) is 17.2. The van der Waals surface area contributed by atoms with Crippen LogP contribution in [0.1, 0.15) is 114 Å². The quantitative estimate of drug-likeness (QED) is 0.227. The van der Waals surface area contributed by atoms with Crippen molar-refractivity contribution in [3.8, 4) is 0 Å². The molecule has 3 rings (SSSR count). The minimum Gasteiger partial charge on any atom is -0.417 e. The fourth-order valence-corrected chi connectivity index (χ4v) is 10.2. The van der Waals surface area contributed by atoms with Gasteiger partial charge in [-0.3, -0.25) is 0 Å². The largest absolute Gasteiger partial charge is 0.417 e. The Morgan fingerprint density at radius 1 is 0.816 bits per heavy atom. The summed E-state index contributed by atoms with van der Waals surface area (Å²) in [7, 11) is -3.58. The molecule has 0 heterocycles. The minimum absolute atomic E-state index is 0.258. The van der Waals surface area contributed by atoms with Crippen molar-refractivity contribution in [2.75, 3.05) is 13.2 Å². The maximum absolute atomic E-state index is 7.13. The van der Waals surface area contributed by atoms with E-state index in [1.165, 1.54) is 44.9 Å². The van der Waals surface area contributed by atoms with Crippen molar-refractivity contribution in [1.29, 1.82) is 0 Å². The van der Waals surface area contributed by atoms with Gasteiger partial charge in [0.2, 0.25) is 0 Å². The topological polar surface area (TPSA) is 18.5 Å². The molecule has 0 aromatic carbocycles. The van der Waals surface area contributed by atoms with Crippen molar-refractivity contribution in [1.82, 2.24) is 0 Å². The number of allylic oxidation sites excluding steroid dienone is 2. The highest BCUT2D eigenvalue weighted by molar-refractivity contribution is 6.74. The summed E-state index contributed by atoms with van der Waals surface area (Å²) < 4.78 is 14.1. The average molecular weight is 563 g/mol. The molecule has 0 aromatic rings. The van der Waals surface area contributed by atoms with Crippen LogP contribution in [0.4, 0.5) is 0 Å². The zero-order valence-electron chi connectivity index (χ0n) is 28.1. The highest BCUT2D eigenvalue weighted by atomic mass is 28.4. The van der Waals surface area contributed by atoms with E-state index in [0.29, 0.717) is 22.7 Å². The normalized spacial score (nSPS) is 38.5. The second kappa shape index (κ2) is 11.1. The lowest BCUT2D eigenvalue weighted by atomic mass is 9.49. The summed E-state index contributed by atoms with van der Waals surface area (Å²) in [6.45, 7) is 36.1. The molecule has 4 heteroatoms. The molecule has 0 spiro atoms. The minimum atomic E-state index is -1.81. The molecular weight excluding hydrogens is 497 g/mol. The molecule has 0 N–H and O–H groups in total. The second-order valence-corrected chi connectivity index (χ2v) is 27.0. The van der Waals surface area contributed by atoms with Crippen LogP contribution >= 0.6 is 0 Å². The van der Waals surface area contributed by atoms with E-state index in [9.17, 15) is 0 Å². The molecule has 3 saturated carbocycles. The van der Waals surface area contributed by atoms with Crippen LogP contribution in [0.5, 0.6) is 0 Å². The highest BCUT2D eigenvalue weighted by Gasteiger charge is 2.57. The van der Waals surface area contributed by atoms with Crippen molar-refractivity contribution < 1.29 is 8.85 Å². The highest BCUT2D eigenvalue weighted by Crippen LogP contribution is 2.64. The molecule has 0 aliphatic heterocycles. The predicted octanol–water partition coefficient (Wildman–Crippen LogP) is 10.9. The van der Waals surface area contributed by atoms with Gasteiger partial charge in [-0.1, -0.05) is 80.4 Å². The molecule has 3 aliphatic carbocycles. The third-order valence-corrected chi connectivity index (χ3v) is 22.2. The smallest absolute Gasteiger partial charge is 0.191 e. The van der Waals surface area contributed by atoms with Gasteiger partial charge in [0.25, 0.3) is 0 Å². The van der Waals surface area contributed by atoms with Gasteiger partial charge in [-0.25, -0.2) is 0 Å². The summed E-state index contributed by atoms with van der Waals surface area (Å²) in [5, 5.41) is 0.525. The van der Waals surface area contributed by atoms with Gasteiger partial charge in [0.1, 0.15) is 0 Å². The standard InChI is InChI=1S/C34H66O2Si2/c1-15-26-16-17-29-28(24-36-38(13,14)32(6,7)8)30(19-21-33(26,29)9)34(10)20-18-25(2)22-27(34)23-35-37(11,12)31(3,4)5/h15,25,27-30H,16-24H2,1-14H3/b26-15+/t25-,27+,28-,29?,30?,33+,34-/m0/s1. The van der Waals surface area contributed by atoms with E-state index in [1.807, 2.05) is 0 Å². The SMILES string of the molecule is C/C=C1\CCC2[C@H](CO[Si](C)(C)C(C)(C)C)C([C@@]3(C)CC[C@H](C)C[C@@H]3CO[Si](C)(C)C(C)(C)C)CC[C@]12C. The third kappa shape index (κ3) is 6.14. The number of fused-ring (bicyclic) bond motifs is 1. The van der Waals surface area contributed by atoms with Crippen LogP contribution in [-0.4, -0.2) is 29.8 Å². The van der Waals surface area contributed by atoms with E-state index < -0.39 is 16.6 Å². The van der Waals surface area contributed by atoms with Crippen LogP contribution in [0.15, 0.2) is 11.6 Å². The molecule has 0 amide bonds. The molecule has 222 valence electrons. The molecule has 0 bridgehead atoms. The zero-order chi connectivity index (χ0) is 28.9. The molecule has 0 saturated heterocycles. The van der Waals surface area contributed by atoms with Crippen LogP contribution in [0, 0.1) is 40.4 Å². The van der Waals surface area contributed by atoms with Crippen LogP contribution in [0.3, 0.4) is 0 Å². The number of rotatable bonds is 7. The van der Waals surface area contributed by atoms with Crippen molar-refractivity contribution in [2.24, 2.45) is 40.4 Å².